The molecule has 0 bridgehead atoms. The fraction of sp³-hybridized carbons (Fsp3) is 0.333. The minimum atomic E-state index is -0.969. The van der Waals surface area contributed by atoms with E-state index in [4.69, 9.17) is 9.52 Å². The van der Waals surface area contributed by atoms with Gasteiger partial charge in [-0.05, 0) is 26.8 Å². The molecule has 2 heterocycles. The third-order valence-electron chi connectivity index (χ3n) is 2.64. The SMILES string of the molecule is Cc1nc(NCc2cc(C(=O)O)c(C)o2)sc1C. The van der Waals surface area contributed by atoms with Gasteiger partial charge >= 0.3 is 5.97 Å². The molecule has 0 saturated heterocycles. The Labute approximate surface area is 108 Å². The highest BCUT2D eigenvalue weighted by atomic mass is 32.1. The van der Waals surface area contributed by atoms with Crippen LogP contribution >= 0.6 is 11.3 Å². The smallest absolute Gasteiger partial charge is 0.339 e. The van der Waals surface area contributed by atoms with E-state index in [0.29, 0.717) is 18.1 Å². The predicted molar refractivity (Wildman–Crippen MR) is 69.3 cm³/mol. The zero-order valence-electron chi connectivity index (χ0n) is 10.4. The van der Waals surface area contributed by atoms with Crippen molar-refractivity contribution in [3.63, 3.8) is 0 Å². The van der Waals surface area contributed by atoms with Gasteiger partial charge in [0.05, 0.1) is 12.2 Å². The monoisotopic (exact) mass is 266 g/mol. The fourth-order valence-electron chi connectivity index (χ4n) is 1.55. The lowest BCUT2D eigenvalue weighted by Gasteiger charge is -1.98. The topological polar surface area (TPSA) is 75.4 Å². The number of nitrogens with zero attached hydrogens (tertiary/aromatic N) is 1. The third-order valence-corrected chi connectivity index (χ3v) is 3.67. The Balaban J connectivity index is 2.06. The maximum absolute atomic E-state index is 10.9. The highest BCUT2D eigenvalue weighted by Crippen LogP contribution is 2.22. The Morgan fingerprint density at radius 2 is 2.22 bits per heavy atom. The number of aryl methyl sites for hydroxylation is 3. The van der Waals surface area contributed by atoms with Crippen LogP contribution in [0.25, 0.3) is 0 Å². The fourth-order valence-corrected chi connectivity index (χ4v) is 2.36. The first kappa shape index (κ1) is 12.6. The van der Waals surface area contributed by atoms with E-state index in [1.54, 1.807) is 18.3 Å². The zero-order chi connectivity index (χ0) is 13.3. The molecule has 6 heteroatoms. The average molecular weight is 266 g/mol. The molecule has 0 unspecified atom stereocenters. The van der Waals surface area contributed by atoms with Crippen molar-refractivity contribution in [2.45, 2.75) is 27.3 Å². The van der Waals surface area contributed by atoms with E-state index >= 15 is 0 Å². The van der Waals surface area contributed by atoms with Crippen LogP contribution in [-0.4, -0.2) is 16.1 Å². The summed E-state index contributed by atoms with van der Waals surface area (Å²) in [5.41, 5.74) is 1.21. The quantitative estimate of drug-likeness (QED) is 0.889. The number of aromatic carboxylic acids is 1. The average Bonchev–Trinajstić information content (AvgIpc) is 2.80. The van der Waals surface area contributed by atoms with Crippen molar-refractivity contribution < 1.29 is 14.3 Å². The molecule has 0 saturated carbocycles. The van der Waals surface area contributed by atoms with E-state index in [-0.39, 0.29) is 5.56 Å². The molecule has 0 aliphatic heterocycles. The van der Waals surface area contributed by atoms with Gasteiger partial charge in [0.25, 0.3) is 0 Å². The highest BCUT2D eigenvalue weighted by Gasteiger charge is 2.13. The molecular formula is C12H14N2O3S. The molecule has 0 aromatic carbocycles. The van der Waals surface area contributed by atoms with Crippen LogP contribution in [0.15, 0.2) is 10.5 Å². The Morgan fingerprint density at radius 3 is 2.72 bits per heavy atom. The molecule has 2 rings (SSSR count). The van der Waals surface area contributed by atoms with E-state index in [2.05, 4.69) is 10.3 Å². The second-order valence-electron chi connectivity index (χ2n) is 4.00. The summed E-state index contributed by atoms with van der Waals surface area (Å²) < 4.78 is 5.37. The molecule has 18 heavy (non-hydrogen) atoms. The van der Waals surface area contributed by atoms with Gasteiger partial charge in [0.15, 0.2) is 5.13 Å². The van der Waals surface area contributed by atoms with Crippen LogP contribution in [0.4, 0.5) is 5.13 Å². The van der Waals surface area contributed by atoms with Gasteiger partial charge in [0, 0.05) is 4.88 Å². The van der Waals surface area contributed by atoms with Crippen molar-refractivity contribution in [1.82, 2.24) is 4.98 Å². The number of thiazole rings is 1. The van der Waals surface area contributed by atoms with Crippen LogP contribution in [0.5, 0.6) is 0 Å². The summed E-state index contributed by atoms with van der Waals surface area (Å²) in [4.78, 5) is 16.4. The van der Waals surface area contributed by atoms with Crippen LogP contribution in [0, 0.1) is 20.8 Å². The normalized spacial score (nSPS) is 10.6. The molecule has 0 amide bonds. The van der Waals surface area contributed by atoms with E-state index < -0.39 is 5.97 Å². The van der Waals surface area contributed by atoms with Gasteiger partial charge in [0.2, 0.25) is 0 Å². The van der Waals surface area contributed by atoms with Gasteiger partial charge in [-0.1, -0.05) is 0 Å². The molecule has 0 fully saturated rings. The molecule has 2 aromatic heterocycles. The van der Waals surface area contributed by atoms with Crippen LogP contribution < -0.4 is 5.32 Å². The van der Waals surface area contributed by atoms with Crippen LogP contribution in [0.1, 0.15) is 32.4 Å². The number of aromatic nitrogens is 1. The Hall–Kier alpha value is -1.82. The zero-order valence-corrected chi connectivity index (χ0v) is 11.2. The summed E-state index contributed by atoms with van der Waals surface area (Å²) in [7, 11) is 0. The molecule has 5 nitrogen and oxygen atoms in total. The molecule has 0 aliphatic rings. The number of hydrogen-bond donors (Lipinski definition) is 2. The minimum absolute atomic E-state index is 0.207. The summed E-state index contributed by atoms with van der Waals surface area (Å²) in [5.74, 6) is 0.0460. The lowest BCUT2D eigenvalue weighted by Crippen LogP contribution is -1.98. The van der Waals surface area contributed by atoms with Gasteiger partial charge in [0.1, 0.15) is 17.1 Å². The van der Waals surface area contributed by atoms with E-state index in [1.165, 1.54) is 10.9 Å². The van der Waals surface area contributed by atoms with Crippen molar-refractivity contribution in [3.05, 3.63) is 33.7 Å². The highest BCUT2D eigenvalue weighted by molar-refractivity contribution is 7.15. The molecule has 96 valence electrons. The van der Waals surface area contributed by atoms with Gasteiger partial charge < -0.3 is 14.8 Å². The molecule has 0 aliphatic carbocycles. The predicted octanol–water partition coefficient (Wildman–Crippen LogP) is 2.97. The number of rotatable bonds is 4. The minimum Gasteiger partial charge on any atom is -0.478 e. The molecular weight excluding hydrogens is 252 g/mol. The van der Waals surface area contributed by atoms with Crippen molar-refractivity contribution in [2.24, 2.45) is 0 Å². The number of carboxylic acid groups (broad SMARTS) is 1. The Bertz CT molecular complexity index is 567. The summed E-state index contributed by atoms with van der Waals surface area (Å²) in [5, 5.41) is 12.9. The lowest BCUT2D eigenvalue weighted by molar-refractivity contribution is 0.0695. The first-order valence-corrected chi connectivity index (χ1v) is 6.29. The summed E-state index contributed by atoms with van der Waals surface area (Å²) in [6.45, 7) is 6.04. The van der Waals surface area contributed by atoms with Crippen LogP contribution in [0.3, 0.4) is 0 Å². The number of carbonyl (C=O) groups is 1. The number of furan rings is 1. The van der Waals surface area contributed by atoms with Crippen LogP contribution in [-0.2, 0) is 6.54 Å². The number of carboxylic acids is 1. The molecule has 0 atom stereocenters. The Kier molecular flexibility index (Phi) is 3.38. The first-order chi connectivity index (χ1) is 8.47. The van der Waals surface area contributed by atoms with Crippen LogP contribution in [0.2, 0.25) is 0 Å². The summed E-state index contributed by atoms with van der Waals surface area (Å²) in [6, 6.07) is 1.54. The van der Waals surface area contributed by atoms with Crippen molar-refractivity contribution >= 4 is 22.4 Å². The summed E-state index contributed by atoms with van der Waals surface area (Å²) >= 11 is 1.57. The second-order valence-corrected chi connectivity index (χ2v) is 5.21. The van der Waals surface area contributed by atoms with Gasteiger partial charge in [-0.15, -0.1) is 11.3 Å². The lowest BCUT2D eigenvalue weighted by atomic mass is 10.2. The Morgan fingerprint density at radius 1 is 1.50 bits per heavy atom. The standard InChI is InChI=1S/C12H14N2O3S/c1-6-8(3)18-12(14-6)13-5-9-4-10(11(15)16)7(2)17-9/h4H,5H2,1-3H3,(H,13,14)(H,15,16). The first-order valence-electron chi connectivity index (χ1n) is 5.48. The van der Waals surface area contributed by atoms with Gasteiger partial charge in [-0.2, -0.15) is 0 Å². The maximum atomic E-state index is 10.9. The van der Waals surface area contributed by atoms with Crippen molar-refractivity contribution in [2.75, 3.05) is 5.32 Å². The number of anilines is 1. The maximum Gasteiger partial charge on any atom is 0.339 e. The van der Waals surface area contributed by atoms with Crippen molar-refractivity contribution in [1.29, 1.82) is 0 Å². The third kappa shape index (κ3) is 2.53. The summed E-state index contributed by atoms with van der Waals surface area (Å²) in [6.07, 6.45) is 0. The molecule has 0 radical (unpaired) electrons. The van der Waals surface area contributed by atoms with E-state index in [9.17, 15) is 4.79 Å². The molecule has 0 spiro atoms. The van der Waals surface area contributed by atoms with Crippen molar-refractivity contribution in [3.8, 4) is 0 Å². The van der Waals surface area contributed by atoms with Gasteiger partial charge in [-0.25, -0.2) is 9.78 Å². The number of nitrogens with one attached hydrogen (secondary N) is 1. The molecule has 2 N–H and O–H groups in total. The molecule has 2 aromatic rings. The number of hydrogen-bond acceptors (Lipinski definition) is 5. The second kappa shape index (κ2) is 4.81. The van der Waals surface area contributed by atoms with E-state index in [0.717, 1.165) is 10.8 Å². The largest absolute Gasteiger partial charge is 0.478 e. The van der Waals surface area contributed by atoms with Gasteiger partial charge in [-0.3, -0.25) is 0 Å². The van der Waals surface area contributed by atoms with E-state index in [1.807, 2.05) is 13.8 Å².